The minimum absolute atomic E-state index is 0.344. The molecule has 5 heteroatoms. The van der Waals surface area contributed by atoms with E-state index in [1.807, 2.05) is 18.3 Å². The van der Waals surface area contributed by atoms with Gasteiger partial charge >= 0.3 is 0 Å². The van der Waals surface area contributed by atoms with E-state index in [4.69, 9.17) is 16.4 Å². The van der Waals surface area contributed by atoms with Crippen molar-refractivity contribution in [3.05, 3.63) is 65.4 Å². The third-order valence-corrected chi connectivity index (χ3v) is 5.87. The first kappa shape index (κ1) is 19.6. The van der Waals surface area contributed by atoms with Crippen molar-refractivity contribution in [2.45, 2.75) is 44.8 Å². The van der Waals surface area contributed by atoms with Crippen LogP contribution in [0.25, 0.3) is 5.65 Å². The van der Waals surface area contributed by atoms with Crippen LogP contribution in [0.3, 0.4) is 0 Å². The van der Waals surface area contributed by atoms with Crippen molar-refractivity contribution in [2.24, 2.45) is 0 Å². The molecule has 0 bridgehead atoms. The zero-order valence-corrected chi connectivity index (χ0v) is 17.4. The molecule has 5 nitrogen and oxygen atoms in total. The van der Waals surface area contributed by atoms with Crippen molar-refractivity contribution in [3.63, 3.8) is 0 Å². The molecular weight excluding hydrogens is 358 g/mol. The Morgan fingerprint density at radius 3 is 2.97 bits per heavy atom. The SMILES string of the molecule is C#CCCN(C)Cc1c(CN(C)[C@H]2CCCc3cccnc32)nc2ccccn12. The Morgan fingerprint density at radius 1 is 1.21 bits per heavy atom. The molecule has 0 spiro atoms. The molecule has 3 heterocycles. The van der Waals surface area contributed by atoms with Gasteiger partial charge in [-0.25, -0.2) is 4.98 Å². The molecule has 0 saturated carbocycles. The zero-order chi connectivity index (χ0) is 20.2. The van der Waals surface area contributed by atoms with E-state index in [1.165, 1.54) is 23.4 Å². The summed E-state index contributed by atoms with van der Waals surface area (Å²) in [6, 6.07) is 10.8. The van der Waals surface area contributed by atoms with E-state index in [1.54, 1.807) is 0 Å². The van der Waals surface area contributed by atoms with E-state index in [9.17, 15) is 0 Å². The van der Waals surface area contributed by atoms with Gasteiger partial charge in [0.15, 0.2) is 0 Å². The Morgan fingerprint density at radius 2 is 2.10 bits per heavy atom. The summed E-state index contributed by atoms with van der Waals surface area (Å²) in [6.45, 7) is 2.52. The van der Waals surface area contributed by atoms with Gasteiger partial charge in [0.2, 0.25) is 0 Å². The van der Waals surface area contributed by atoms with Gasteiger partial charge in [0, 0.05) is 38.4 Å². The fourth-order valence-corrected chi connectivity index (χ4v) is 4.34. The molecule has 3 aromatic heterocycles. The van der Waals surface area contributed by atoms with E-state index in [0.717, 1.165) is 50.2 Å². The van der Waals surface area contributed by atoms with Crippen LogP contribution >= 0.6 is 0 Å². The summed E-state index contributed by atoms with van der Waals surface area (Å²) in [6.07, 6.45) is 13.7. The third-order valence-electron chi connectivity index (χ3n) is 5.87. The minimum atomic E-state index is 0.344. The Hall–Kier alpha value is -2.68. The summed E-state index contributed by atoms with van der Waals surface area (Å²) < 4.78 is 2.21. The van der Waals surface area contributed by atoms with Crippen molar-refractivity contribution in [3.8, 4) is 12.3 Å². The fourth-order valence-electron chi connectivity index (χ4n) is 4.34. The number of aryl methyl sites for hydroxylation is 1. The van der Waals surface area contributed by atoms with Crippen LogP contribution in [0.15, 0.2) is 42.7 Å². The molecule has 1 aliphatic carbocycles. The molecule has 1 atom stereocenters. The Kier molecular flexibility index (Phi) is 5.94. The van der Waals surface area contributed by atoms with Crippen LogP contribution in [0, 0.1) is 12.3 Å². The topological polar surface area (TPSA) is 36.7 Å². The van der Waals surface area contributed by atoms with Crippen molar-refractivity contribution >= 4 is 5.65 Å². The lowest BCUT2D eigenvalue weighted by Gasteiger charge is -2.32. The molecule has 150 valence electrons. The monoisotopic (exact) mass is 387 g/mol. The van der Waals surface area contributed by atoms with Gasteiger partial charge in [-0.1, -0.05) is 12.1 Å². The molecule has 0 fully saturated rings. The normalized spacial score (nSPS) is 16.3. The van der Waals surface area contributed by atoms with Crippen LogP contribution in [0.5, 0.6) is 0 Å². The van der Waals surface area contributed by atoms with Gasteiger partial charge in [-0.15, -0.1) is 12.3 Å². The highest BCUT2D eigenvalue weighted by Gasteiger charge is 2.26. The third kappa shape index (κ3) is 4.19. The van der Waals surface area contributed by atoms with E-state index in [0.29, 0.717) is 6.04 Å². The number of nitrogens with zero attached hydrogens (tertiary/aromatic N) is 5. The summed E-state index contributed by atoms with van der Waals surface area (Å²) in [5.41, 5.74) is 5.99. The predicted octanol–water partition coefficient (Wildman–Crippen LogP) is 3.69. The minimum Gasteiger partial charge on any atom is -0.302 e. The Balaban J connectivity index is 1.61. The second-order valence-electron chi connectivity index (χ2n) is 8.00. The molecular formula is C24H29N5. The molecule has 0 aromatic carbocycles. The highest BCUT2D eigenvalue weighted by Crippen LogP contribution is 2.33. The summed E-state index contributed by atoms with van der Waals surface area (Å²) in [7, 11) is 4.32. The second kappa shape index (κ2) is 8.77. The van der Waals surface area contributed by atoms with Gasteiger partial charge in [0.1, 0.15) is 5.65 Å². The van der Waals surface area contributed by atoms with Gasteiger partial charge in [-0.3, -0.25) is 14.8 Å². The Labute approximate surface area is 173 Å². The van der Waals surface area contributed by atoms with E-state index < -0.39 is 0 Å². The summed E-state index contributed by atoms with van der Waals surface area (Å²) in [5, 5.41) is 0. The van der Waals surface area contributed by atoms with Crippen LogP contribution in [-0.4, -0.2) is 44.8 Å². The summed E-state index contributed by atoms with van der Waals surface area (Å²) in [4.78, 5) is 14.4. The molecule has 4 rings (SSSR count). The number of aromatic nitrogens is 3. The largest absolute Gasteiger partial charge is 0.302 e. The first-order chi connectivity index (χ1) is 14.2. The van der Waals surface area contributed by atoms with Gasteiger partial charge in [-0.2, -0.15) is 0 Å². The number of hydrogen-bond acceptors (Lipinski definition) is 4. The lowest BCUT2D eigenvalue weighted by molar-refractivity contribution is 0.205. The molecule has 0 radical (unpaired) electrons. The van der Waals surface area contributed by atoms with E-state index >= 15 is 0 Å². The number of pyridine rings is 2. The highest BCUT2D eigenvalue weighted by atomic mass is 15.2. The number of imidazole rings is 1. The van der Waals surface area contributed by atoms with Gasteiger partial charge < -0.3 is 4.40 Å². The first-order valence-electron chi connectivity index (χ1n) is 10.4. The molecule has 29 heavy (non-hydrogen) atoms. The molecule has 1 aliphatic rings. The summed E-state index contributed by atoms with van der Waals surface area (Å²) >= 11 is 0. The average molecular weight is 388 g/mol. The highest BCUT2D eigenvalue weighted by molar-refractivity contribution is 5.43. The van der Waals surface area contributed by atoms with E-state index in [-0.39, 0.29) is 0 Å². The standard InChI is InChI=1S/C24H29N5/c1-4-5-15-27(2)18-22-20(26-23-13-6-7-16-29(22)23)17-28(3)21-12-8-10-19-11-9-14-25-24(19)21/h1,6-7,9,11,13-14,16,21H,5,8,10,12,15,17-18H2,2-3H3/t21-/m0/s1. The maximum Gasteiger partial charge on any atom is 0.137 e. The van der Waals surface area contributed by atoms with Gasteiger partial charge in [0.05, 0.1) is 23.1 Å². The first-order valence-corrected chi connectivity index (χ1v) is 10.4. The van der Waals surface area contributed by atoms with Crippen molar-refractivity contribution in [1.29, 1.82) is 0 Å². The van der Waals surface area contributed by atoms with Crippen LogP contribution in [0.1, 0.15) is 47.9 Å². The smallest absolute Gasteiger partial charge is 0.137 e. The Bertz CT molecular complexity index is 1020. The van der Waals surface area contributed by atoms with Crippen LogP contribution in [-0.2, 0) is 19.5 Å². The van der Waals surface area contributed by atoms with Crippen molar-refractivity contribution < 1.29 is 0 Å². The molecule has 0 aliphatic heterocycles. The quantitative estimate of drug-likeness (QED) is 0.580. The lowest BCUT2D eigenvalue weighted by Crippen LogP contribution is -2.29. The van der Waals surface area contributed by atoms with Crippen molar-refractivity contribution in [2.75, 3.05) is 20.6 Å². The maximum absolute atomic E-state index is 5.45. The number of rotatable bonds is 7. The number of terminal acetylenes is 1. The number of fused-ring (bicyclic) bond motifs is 2. The molecule has 3 aromatic rings. The molecule has 0 N–H and O–H groups in total. The molecule has 0 unspecified atom stereocenters. The molecule has 0 amide bonds. The summed E-state index contributed by atoms with van der Waals surface area (Å²) in [5.74, 6) is 2.74. The van der Waals surface area contributed by atoms with Gasteiger partial charge in [0.25, 0.3) is 0 Å². The average Bonchev–Trinajstić information content (AvgIpc) is 3.08. The van der Waals surface area contributed by atoms with Crippen LogP contribution < -0.4 is 0 Å². The van der Waals surface area contributed by atoms with E-state index in [2.05, 4.69) is 58.6 Å². The predicted molar refractivity (Wildman–Crippen MR) is 116 cm³/mol. The van der Waals surface area contributed by atoms with Crippen LogP contribution in [0.4, 0.5) is 0 Å². The zero-order valence-electron chi connectivity index (χ0n) is 17.4. The second-order valence-corrected chi connectivity index (χ2v) is 8.00. The van der Waals surface area contributed by atoms with Crippen molar-refractivity contribution in [1.82, 2.24) is 24.2 Å². The van der Waals surface area contributed by atoms with Gasteiger partial charge in [-0.05, 0) is 57.1 Å². The lowest BCUT2D eigenvalue weighted by atomic mass is 9.91. The fraction of sp³-hybridized carbons (Fsp3) is 0.417. The van der Waals surface area contributed by atoms with Crippen LogP contribution in [0.2, 0.25) is 0 Å². The maximum atomic E-state index is 5.45. The number of hydrogen-bond donors (Lipinski definition) is 0. The molecule has 0 saturated heterocycles.